The van der Waals surface area contributed by atoms with Gasteiger partial charge >= 0.3 is 5.97 Å². The van der Waals surface area contributed by atoms with Gasteiger partial charge in [0.15, 0.2) is 0 Å². The van der Waals surface area contributed by atoms with Gasteiger partial charge in [0.1, 0.15) is 17.9 Å². The quantitative estimate of drug-likeness (QED) is 0.259. The predicted octanol–water partition coefficient (Wildman–Crippen LogP) is 0.971. The zero-order valence-corrected chi connectivity index (χ0v) is 13.7. The SMILES string of the molecule is CC(=O)OC[C@]12C=C[C@H](O1)[C@H]1C(=O)N(c3ccccc3[N+](=O)[O-])C(=O)[C@@H]12. The monoisotopic (exact) mass is 358 g/mol. The molecule has 134 valence electrons. The van der Waals surface area contributed by atoms with Crippen LogP contribution in [0.2, 0.25) is 0 Å². The maximum atomic E-state index is 13.0. The van der Waals surface area contributed by atoms with Crippen LogP contribution >= 0.6 is 0 Å². The Morgan fingerprint density at radius 3 is 2.77 bits per heavy atom. The van der Waals surface area contributed by atoms with Gasteiger partial charge in [0.2, 0.25) is 11.8 Å². The number of hydrogen-bond donors (Lipinski definition) is 0. The minimum atomic E-state index is -1.22. The number of carbonyl (C=O) groups excluding carboxylic acids is 3. The number of para-hydroxylation sites is 2. The van der Waals surface area contributed by atoms with E-state index >= 15 is 0 Å². The standard InChI is InChI=1S/C17H14N2O7/c1-9(20)25-8-17-7-6-12(26-17)13-14(17)16(22)18(15(13)21)10-4-2-3-5-11(10)19(23)24/h2-7,12-14H,8H2,1H3/t12-,13+,14+,17-/m0/s1. The van der Waals surface area contributed by atoms with Crippen LogP contribution in [0.1, 0.15) is 6.92 Å². The number of hydrogen-bond acceptors (Lipinski definition) is 7. The van der Waals surface area contributed by atoms with Crippen LogP contribution in [0.5, 0.6) is 0 Å². The Bertz CT molecular complexity index is 880. The summed E-state index contributed by atoms with van der Waals surface area (Å²) in [6, 6.07) is 5.59. The molecular formula is C17H14N2O7. The van der Waals surface area contributed by atoms with Crippen LogP contribution in [0.4, 0.5) is 11.4 Å². The molecule has 4 rings (SSSR count). The minimum Gasteiger partial charge on any atom is -0.462 e. The average molecular weight is 358 g/mol. The van der Waals surface area contributed by atoms with E-state index in [0.717, 1.165) is 4.90 Å². The lowest BCUT2D eigenvalue weighted by Gasteiger charge is -2.27. The van der Waals surface area contributed by atoms with E-state index in [9.17, 15) is 24.5 Å². The van der Waals surface area contributed by atoms with Crippen LogP contribution in [0.15, 0.2) is 36.4 Å². The van der Waals surface area contributed by atoms with E-state index in [2.05, 4.69) is 0 Å². The number of nitro benzene ring substituents is 1. The second-order valence-corrected chi connectivity index (χ2v) is 6.44. The molecule has 0 saturated carbocycles. The molecule has 0 radical (unpaired) electrons. The highest BCUT2D eigenvalue weighted by molar-refractivity contribution is 6.24. The first-order valence-electron chi connectivity index (χ1n) is 7.97. The number of nitro groups is 1. The maximum absolute atomic E-state index is 13.0. The van der Waals surface area contributed by atoms with Crippen LogP contribution in [-0.4, -0.2) is 41.0 Å². The molecule has 3 heterocycles. The second kappa shape index (κ2) is 5.46. The molecule has 2 bridgehead atoms. The normalized spacial score (nSPS) is 31.4. The van der Waals surface area contributed by atoms with Crippen LogP contribution in [0.25, 0.3) is 0 Å². The van der Waals surface area contributed by atoms with Gasteiger partial charge < -0.3 is 9.47 Å². The van der Waals surface area contributed by atoms with Crippen LogP contribution < -0.4 is 4.90 Å². The number of carbonyl (C=O) groups is 3. The summed E-state index contributed by atoms with van der Waals surface area (Å²) in [7, 11) is 0. The highest BCUT2D eigenvalue weighted by Crippen LogP contribution is 2.53. The summed E-state index contributed by atoms with van der Waals surface area (Å²) in [6.45, 7) is 1.04. The Morgan fingerprint density at radius 2 is 2.08 bits per heavy atom. The Balaban J connectivity index is 1.74. The van der Waals surface area contributed by atoms with Gasteiger partial charge in [-0.2, -0.15) is 0 Å². The van der Waals surface area contributed by atoms with E-state index in [-0.39, 0.29) is 18.0 Å². The van der Waals surface area contributed by atoms with Crippen molar-refractivity contribution in [3.63, 3.8) is 0 Å². The number of nitrogens with zero attached hydrogens (tertiary/aromatic N) is 2. The fourth-order valence-electron chi connectivity index (χ4n) is 3.93. The van der Waals surface area contributed by atoms with E-state index in [1.165, 1.54) is 31.2 Å². The van der Waals surface area contributed by atoms with Gasteiger partial charge in [-0.3, -0.25) is 24.5 Å². The Labute approximate surface area is 147 Å². The molecule has 2 amide bonds. The molecule has 2 fully saturated rings. The number of anilines is 1. The summed E-state index contributed by atoms with van der Waals surface area (Å²) in [5, 5.41) is 11.3. The molecule has 0 unspecified atom stereocenters. The summed E-state index contributed by atoms with van der Waals surface area (Å²) in [5.41, 5.74) is -1.61. The third kappa shape index (κ3) is 2.10. The highest BCUT2D eigenvalue weighted by Gasteiger charge is 2.68. The highest BCUT2D eigenvalue weighted by atomic mass is 16.6. The number of imide groups is 1. The molecule has 1 aromatic rings. The number of rotatable bonds is 4. The van der Waals surface area contributed by atoms with Crippen molar-refractivity contribution in [1.29, 1.82) is 0 Å². The lowest BCUT2D eigenvalue weighted by molar-refractivity contribution is -0.384. The lowest BCUT2D eigenvalue weighted by Crippen LogP contribution is -2.44. The maximum Gasteiger partial charge on any atom is 0.302 e. The Kier molecular flexibility index (Phi) is 3.45. The molecule has 2 saturated heterocycles. The smallest absolute Gasteiger partial charge is 0.302 e. The van der Waals surface area contributed by atoms with Crippen molar-refractivity contribution >= 4 is 29.2 Å². The van der Waals surface area contributed by atoms with Crippen molar-refractivity contribution < 1.29 is 28.8 Å². The molecule has 9 nitrogen and oxygen atoms in total. The van der Waals surface area contributed by atoms with Gasteiger partial charge in [-0.05, 0) is 12.1 Å². The van der Waals surface area contributed by atoms with E-state index in [4.69, 9.17) is 9.47 Å². The van der Waals surface area contributed by atoms with E-state index in [0.29, 0.717) is 0 Å². The molecule has 0 N–H and O–H groups in total. The number of amides is 2. The molecule has 9 heteroatoms. The largest absolute Gasteiger partial charge is 0.462 e. The summed E-state index contributed by atoms with van der Waals surface area (Å²) < 4.78 is 10.8. The van der Waals surface area contributed by atoms with Crippen molar-refractivity contribution in [3.8, 4) is 0 Å². The fourth-order valence-corrected chi connectivity index (χ4v) is 3.93. The first kappa shape index (κ1) is 16.4. The first-order chi connectivity index (χ1) is 12.4. The zero-order chi connectivity index (χ0) is 18.6. The van der Waals surface area contributed by atoms with Gasteiger partial charge in [0.25, 0.3) is 5.69 Å². The molecule has 0 spiro atoms. The number of esters is 1. The third-order valence-electron chi connectivity index (χ3n) is 4.98. The molecule has 0 aromatic heterocycles. The van der Waals surface area contributed by atoms with Gasteiger partial charge in [-0.25, -0.2) is 4.90 Å². The van der Waals surface area contributed by atoms with Crippen molar-refractivity contribution in [2.75, 3.05) is 11.5 Å². The van der Waals surface area contributed by atoms with Crippen molar-refractivity contribution in [1.82, 2.24) is 0 Å². The van der Waals surface area contributed by atoms with Crippen molar-refractivity contribution in [2.45, 2.75) is 18.6 Å². The van der Waals surface area contributed by atoms with Gasteiger partial charge in [-0.15, -0.1) is 0 Å². The zero-order valence-electron chi connectivity index (χ0n) is 13.7. The molecular weight excluding hydrogens is 344 g/mol. The number of ether oxygens (including phenoxy) is 2. The molecule has 4 atom stereocenters. The molecule has 26 heavy (non-hydrogen) atoms. The molecule has 3 aliphatic heterocycles. The lowest BCUT2D eigenvalue weighted by atomic mass is 9.77. The fraction of sp³-hybridized carbons (Fsp3) is 0.353. The molecule has 0 aliphatic carbocycles. The number of benzene rings is 1. The molecule has 1 aromatic carbocycles. The summed E-state index contributed by atoms with van der Waals surface area (Å²) >= 11 is 0. The molecule has 3 aliphatic rings. The first-order valence-corrected chi connectivity index (χ1v) is 7.97. The summed E-state index contributed by atoms with van der Waals surface area (Å²) in [4.78, 5) is 48.6. The van der Waals surface area contributed by atoms with E-state index in [1.807, 2.05) is 0 Å². The van der Waals surface area contributed by atoms with Gasteiger partial charge in [0, 0.05) is 13.0 Å². The van der Waals surface area contributed by atoms with E-state index in [1.54, 1.807) is 12.2 Å². The van der Waals surface area contributed by atoms with Gasteiger partial charge in [-0.1, -0.05) is 18.2 Å². The van der Waals surface area contributed by atoms with E-state index < -0.39 is 46.2 Å². The van der Waals surface area contributed by atoms with Gasteiger partial charge in [0.05, 0.1) is 22.9 Å². The Morgan fingerprint density at radius 1 is 1.35 bits per heavy atom. The van der Waals surface area contributed by atoms with Crippen molar-refractivity contribution in [3.05, 3.63) is 46.5 Å². The Hall–Kier alpha value is -3.07. The predicted molar refractivity (Wildman–Crippen MR) is 85.9 cm³/mol. The summed E-state index contributed by atoms with van der Waals surface area (Å²) in [6.07, 6.45) is 2.67. The van der Waals surface area contributed by atoms with Crippen molar-refractivity contribution in [2.24, 2.45) is 11.8 Å². The summed E-state index contributed by atoms with van der Waals surface area (Å²) in [5.74, 6) is -3.34. The third-order valence-corrected chi connectivity index (χ3v) is 4.98. The topological polar surface area (TPSA) is 116 Å². The van der Waals surface area contributed by atoms with Crippen LogP contribution in [0.3, 0.4) is 0 Å². The number of fused-ring (bicyclic) bond motifs is 5. The van der Waals surface area contributed by atoms with Crippen LogP contribution in [-0.2, 0) is 23.9 Å². The second-order valence-electron chi connectivity index (χ2n) is 6.44. The van der Waals surface area contributed by atoms with Crippen LogP contribution in [0, 0.1) is 22.0 Å². The minimum absolute atomic E-state index is 0.0658. The average Bonchev–Trinajstić information content (AvgIpc) is 3.24.